The molecule has 1 heterocycles. The zero-order chi connectivity index (χ0) is 25.1. The van der Waals surface area contributed by atoms with Crippen LogP contribution < -0.4 is 4.74 Å². The van der Waals surface area contributed by atoms with Crippen LogP contribution in [0.2, 0.25) is 5.02 Å². The zero-order valence-electron chi connectivity index (χ0n) is 18.1. The number of hydrogen-bond acceptors (Lipinski definition) is 4. The predicted molar refractivity (Wildman–Crippen MR) is 120 cm³/mol. The number of carbonyl (C=O) groups excluding carboxylic acids is 1. The van der Waals surface area contributed by atoms with Gasteiger partial charge in [0.25, 0.3) is 0 Å². The SMILES string of the molecule is O=C(O)COc1ccc(Cl)cc1C1c2ccc(F)cc2CCN1C(=O)OCc1cccc(F)c1F. The highest BCUT2D eigenvalue weighted by molar-refractivity contribution is 6.30. The molecule has 1 atom stereocenters. The maximum Gasteiger partial charge on any atom is 0.410 e. The van der Waals surface area contributed by atoms with Crippen LogP contribution in [0.5, 0.6) is 5.75 Å². The Morgan fingerprint density at radius 3 is 2.63 bits per heavy atom. The first-order chi connectivity index (χ1) is 16.7. The molecule has 10 heteroatoms. The molecular weight excluding hydrogens is 487 g/mol. The molecule has 0 aromatic heterocycles. The molecule has 35 heavy (non-hydrogen) atoms. The Morgan fingerprint density at radius 1 is 1.06 bits per heavy atom. The van der Waals surface area contributed by atoms with E-state index in [2.05, 4.69) is 0 Å². The van der Waals surface area contributed by atoms with Crippen LogP contribution in [0.3, 0.4) is 0 Å². The highest BCUT2D eigenvalue weighted by Gasteiger charge is 2.35. The van der Waals surface area contributed by atoms with Crippen molar-refractivity contribution in [3.05, 3.63) is 99.3 Å². The fourth-order valence-electron chi connectivity index (χ4n) is 4.01. The summed E-state index contributed by atoms with van der Waals surface area (Å²) < 4.78 is 52.2. The monoisotopic (exact) mass is 505 g/mol. The van der Waals surface area contributed by atoms with Crippen LogP contribution in [0.15, 0.2) is 54.6 Å². The number of ether oxygens (including phenoxy) is 2. The van der Waals surface area contributed by atoms with Gasteiger partial charge in [-0.2, -0.15) is 0 Å². The topological polar surface area (TPSA) is 76.1 Å². The van der Waals surface area contributed by atoms with Crippen molar-refractivity contribution in [2.45, 2.75) is 19.1 Å². The summed E-state index contributed by atoms with van der Waals surface area (Å²) in [4.78, 5) is 25.5. The van der Waals surface area contributed by atoms with Gasteiger partial charge in [-0.25, -0.2) is 22.8 Å². The Morgan fingerprint density at radius 2 is 1.86 bits per heavy atom. The van der Waals surface area contributed by atoms with Crippen molar-refractivity contribution < 1.29 is 37.3 Å². The van der Waals surface area contributed by atoms with E-state index in [0.29, 0.717) is 28.1 Å². The van der Waals surface area contributed by atoms with E-state index in [4.69, 9.17) is 26.2 Å². The van der Waals surface area contributed by atoms with Crippen molar-refractivity contribution in [2.24, 2.45) is 0 Å². The molecule has 0 aliphatic carbocycles. The zero-order valence-corrected chi connectivity index (χ0v) is 18.9. The van der Waals surface area contributed by atoms with Crippen LogP contribution in [-0.4, -0.2) is 35.2 Å². The lowest BCUT2D eigenvalue weighted by Gasteiger charge is -2.37. The summed E-state index contributed by atoms with van der Waals surface area (Å²) in [5, 5.41) is 9.34. The number of benzene rings is 3. The van der Waals surface area contributed by atoms with Crippen LogP contribution in [0.4, 0.5) is 18.0 Å². The highest BCUT2D eigenvalue weighted by atomic mass is 35.5. The molecule has 1 aliphatic heterocycles. The molecular formula is C25H19ClF3NO5. The second kappa shape index (κ2) is 10.3. The van der Waals surface area contributed by atoms with Gasteiger partial charge < -0.3 is 14.6 Å². The average molecular weight is 506 g/mol. The van der Waals surface area contributed by atoms with E-state index >= 15 is 0 Å². The standard InChI is InChI=1S/C25H19ClF3NO5/c26-16-4-7-21(34-13-22(31)32)19(11-16)24-18-6-5-17(27)10-14(18)8-9-30(24)25(33)35-12-15-2-1-3-20(28)23(15)29/h1-7,10-11,24H,8-9,12-13H2,(H,31,32). The average Bonchev–Trinajstić information content (AvgIpc) is 2.83. The highest BCUT2D eigenvalue weighted by Crippen LogP contribution is 2.41. The molecule has 3 aromatic rings. The molecule has 0 spiro atoms. The Balaban J connectivity index is 1.71. The summed E-state index contributed by atoms with van der Waals surface area (Å²) in [5.41, 5.74) is 1.43. The fraction of sp³-hybridized carbons (Fsp3) is 0.200. The first kappa shape index (κ1) is 24.4. The van der Waals surface area contributed by atoms with Gasteiger partial charge >= 0.3 is 12.1 Å². The van der Waals surface area contributed by atoms with Crippen molar-refractivity contribution in [1.29, 1.82) is 0 Å². The van der Waals surface area contributed by atoms with Gasteiger partial charge in [-0.1, -0.05) is 29.8 Å². The first-order valence-electron chi connectivity index (χ1n) is 10.5. The Kier molecular flexibility index (Phi) is 7.16. The van der Waals surface area contributed by atoms with Crippen LogP contribution >= 0.6 is 11.6 Å². The molecule has 3 aromatic carbocycles. The van der Waals surface area contributed by atoms with Gasteiger partial charge in [-0.3, -0.25) is 4.90 Å². The third kappa shape index (κ3) is 5.35. The van der Waals surface area contributed by atoms with E-state index < -0.39 is 48.8 Å². The molecule has 1 aliphatic rings. The van der Waals surface area contributed by atoms with Crippen molar-refractivity contribution in [3.63, 3.8) is 0 Å². The minimum Gasteiger partial charge on any atom is -0.482 e. The Hall–Kier alpha value is -3.72. The third-order valence-electron chi connectivity index (χ3n) is 5.57. The van der Waals surface area contributed by atoms with E-state index in [9.17, 15) is 22.8 Å². The lowest BCUT2D eigenvalue weighted by atomic mass is 9.88. The molecule has 0 saturated heterocycles. The van der Waals surface area contributed by atoms with E-state index in [-0.39, 0.29) is 17.9 Å². The number of halogens is 4. The molecule has 4 rings (SSSR count). The van der Waals surface area contributed by atoms with Gasteiger partial charge in [0.15, 0.2) is 18.2 Å². The summed E-state index contributed by atoms with van der Waals surface area (Å²) >= 11 is 6.21. The number of carbonyl (C=O) groups is 2. The maximum atomic E-state index is 14.0. The first-order valence-corrected chi connectivity index (χ1v) is 10.9. The van der Waals surface area contributed by atoms with Crippen LogP contribution in [0.25, 0.3) is 0 Å². The summed E-state index contributed by atoms with van der Waals surface area (Å²) in [6, 6.07) is 11.3. The van der Waals surface area contributed by atoms with Crippen molar-refractivity contribution in [2.75, 3.05) is 13.2 Å². The van der Waals surface area contributed by atoms with Gasteiger partial charge in [0.1, 0.15) is 18.2 Å². The van der Waals surface area contributed by atoms with E-state index in [0.717, 1.165) is 6.07 Å². The van der Waals surface area contributed by atoms with E-state index in [1.54, 1.807) is 0 Å². The molecule has 0 fully saturated rings. The van der Waals surface area contributed by atoms with Crippen LogP contribution in [0, 0.1) is 17.5 Å². The number of hydrogen-bond donors (Lipinski definition) is 1. The Labute approximate surface area is 203 Å². The number of nitrogens with zero attached hydrogens (tertiary/aromatic N) is 1. The summed E-state index contributed by atoms with van der Waals surface area (Å²) in [6.07, 6.45) is -0.531. The maximum absolute atomic E-state index is 14.0. The van der Waals surface area contributed by atoms with E-state index in [1.807, 2.05) is 0 Å². The summed E-state index contributed by atoms with van der Waals surface area (Å²) in [7, 11) is 0. The molecule has 0 saturated carbocycles. The number of carboxylic acid groups (broad SMARTS) is 1. The molecule has 6 nitrogen and oxygen atoms in total. The fourth-order valence-corrected chi connectivity index (χ4v) is 4.19. The van der Waals surface area contributed by atoms with Gasteiger partial charge in [0.05, 0.1) is 6.04 Å². The van der Waals surface area contributed by atoms with Crippen molar-refractivity contribution in [1.82, 2.24) is 4.90 Å². The molecule has 1 unspecified atom stereocenters. The normalized spacial score (nSPS) is 14.9. The van der Waals surface area contributed by atoms with Gasteiger partial charge in [0.2, 0.25) is 0 Å². The number of rotatable bonds is 6. The van der Waals surface area contributed by atoms with Gasteiger partial charge in [-0.05, 0) is 53.9 Å². The third-order valence-corrected chi connectivity index (χ3v) is 5.80. The van der Waals surface area contributed by atoms with E-state index in [1.165, 1.54) is 53.4 Å². The lowest BCUT2D eigenvalue weighted by Crippen LogP contribution is -2.41. The Bertz CT molecular complexity index is 1290. The minimum absolute atomic E-state index is 0.108. The number of amides is 1. The molecule has 0 bridgehead atoms. The molecule has 1 N–H and O–H groups in total. The largest absolute Gasteiger partial charge is 0.482 e. The van der Waals surface area contributed by atoms with Crippen molar-refractivity contribution in [3.8, 4) is 5.75 Å². The minimum atomic E-state index is -1.20. The number of fused-ring (bicyclic) bond motifs is 1. The molecule has 0 radical (unpaired) electrons. The summed E-state index contributed by atoms with van der Waals surface area (Å²) in [5.74, 6) is -3.67. The van der Waals surface area contributed by atoms with Crippen LogP contribution in [-0.2, 0) is 22.6 Å². The second-order valence-electron chi connectivity index (χ2n) is 7.82. The lowest BCUT2D eigenvalue weighted by molar-refractivity contribution is -0.139. The van der Waals surface area contributed by atoms with Gasteiger partial charge in [0, 0.05) is 22.7 Å². The predicted octanol–water partition coefficient (Wildman–Crippen LogP) is 5.51. The van der Waals surface area contributed by atoms with Crippen molar-refractivity contribution >= 4 is 23.7 Å². The molecule has 182 valence electrons. The summed E-state index contributed by atoms with van der Waals surface area (Å²) in [6.45, 7) is -1.04. The quantitative estimate of drug-likeness (QED) is 0.478. The second-order valence-corrected chi connectivity index (χ2v) is 8.26. The van der Waals surface area contributed by atoms with Crippen LogP contribution in [0.1, 0.15) is 28.3 Å². The number of carboxylic acids is 1. The van der Waals surface area contributed by atoms with Gasteiger partial charge in [-0.15, -0.1) is 0 Å². The number of aliphatic carboxylic acids is 1. The smallest absolute Gasteiger partial charge is 0.410 e. The molecule has 1 amide bonds.